The van der Waals surface area contributed by atoms with Gasteiger partial charge in [0, 0.05) is 16.6 Å². The topological polar surface area (TPSA) is 51.2 Å². The van der Waals surface area contributed by atoms with Crippen LogP contribution in [-0.2, 0) is 0 Å². The van der Waals surface area contributed by atoms with Gasteiger partial charge >= 0.3 is 0 Å². The van der Waals surface area contributed by atoms with Crippen LogP contribution in [0.5, 0.6) is 11.5 Å². The lowest BCUT2D eigenvalue weighted by Crippen LogP contribution is -2.13. The van der Waals surface area contributed by atoms with Gasteiger partial charge in [-0.25, -0.2) is 4.98 Å². The second-order valence-corrected chi connectivity index (χ2v) is 8.34. The Kier molecular flexibility index (Phi) is 5.79. The summed E-state index contributed by atoms with van der Waals surface area (Å²) in [5, 5.41) is 3.85. The highest BCUT2D eigenvalue weighted by Crippen LogP contribution is 2.27. The molecule has 34 heavy (non-hydrogen) atoms. The van der Waals surface area contributed by atoms with Gasteiger partial charge in [-0.1, -0.05) is 59.7 Å². The zero-order valence-electron chi connectivity index (χ0n) is 19.1. The standard InChI is InChI=1S/C30H24N2O2/c1-20-8-13-24(14-9-20)34-25-15-11-23(12-16-25)31-30(33)27-19-29(22-6-4-3-5-7-22)32-28-17-10-21(2)18-26(27)28/h3-19H,1-2H3,(H,31,33). The van der Waals surface area contributed by atoms with Gasteiger partial charge in [-0.2, -0.15) is 0 Å². The molecule has 5 rings (SSSR count). The SMILES string of the molecule is Cc1ccc(Oc2ccc(NC(=O)c3cc(-c4ccccc4)nc4ccc(C)cc34)cc2)cc1. The number of nitrogens with one attached hydrogen (secondary N) is 1. The van der Waals surface area contributed by atoms with Gasteiger partial charge in [0.1, 0.15) is 11.5 Å². The molecule has 1 N–H and O–H groups in total. The Morgan fingerprint density at radius 3 is 2.09 bits per heavy atom. The second kappa shape index (κ2) is 9.20. The van der Waals surface area contributed by atoms with Crippen LogP contribution in [0.25, 0.3) is 22.2 Å². The van der Waals surface area contributed by atoms with Crippen molar-refractivity contribution in [2.45, 2.75) is 13.8 Å². The number of carbonyl (C=O) groups excluding carboxylic acids is 1. The Morgan fingerprint density at radius 2 is 1.38 bits per heavy atom. The number of benzene rings is 4. The lowest BCUT2D eigenvalue weighted by atomic mass is 10.0. The molecule has 0 saturated heterocycles. The summed E-state index contributed by atoms with van der Waals surface area (Å²) in [7, 11) is 0. The number of fused-ring (bicyclic) bond motifs is 1. The normalized spacial score (nSPS) is 10.8. The molecule has 0 spiro atoms. The molecule has 1 aromatic heterocycles. The second-order valence-electron chi connectivity index (χ2n) is 8.34. The Balaban J connectivity index is 1.42. The number of hydrogen-bond donors (Lipinski definition) is 1. The number of pyridine rings is 1. The third-order valence-electron chi connectivity index (χ3n) is 5.65. The first-order valence-corrected chi connectivity index (χ1v) is 11.2. The average Bonchev–Trinajstić information content (AvgIpc) is 2.86. The molecule has 4 aromatic carbocycles. The number of anilines is 1. The highest BCUT2D eigenvalue weighted by Gasteiger charge is 2.15. The zero-order valence-corrected chi connectivity index (χ0v) is 19.1. The van der Waals surface area contributed by atoms with Crippen LogP contribution in [-0.4, -0.2) is 10.9 Å². The minimum atomic E-state index is -0.178. The molecule has 166 valence electrons. The Labute approximate surface area is 198 Å². The van der Waals surface area contributed by atoms with Gasteiger partial charge in [0.05, 0.1) is 16.8 Å². The quantitative estimate of drug-likeness (QED) is 0.304. The van der Waals surface area contributed by atoms with E-state index in [0.29, 0.717) is 17.0 Å². The molecule has 0 aliphatic heterocycles. The molecule has 0 aliphatic carbocycles. The number of amides is 1. The van der Waals surface area contributed by atoms with Crippen LogP contribution in [0.15, 0.2) is 103 Å². The van der Waals surface area contributed by atoms with Crippen molar-refractivity contribution in [1.29, 1.82) is 0 Å². The number of aromatic nitrogens is 1. The van der Waals surface area contributed by atoms with E-state index in [4.69, 9.17) is 9.72 Å². The molecule has 1 amide bonds. The molecule has 0 unspecified atom stereocenters. The molecule has 4 heteroatoms. The van der Waals surface area contributed by atoms with Crippen molar-refractivity contribution in [3.05, 3.63) is 120 Å². The summed E-state index contributed by atoms with van der Waals surface area (Å²) < 4.78 is 5.89. The van der Waals surface area contributed by atoms with Crippen LogP contribution in [0.2, 0.25) is 0 Å². The van der Waals surface area contributed by atoms with Crippen LogP contribution < -0.4 is 10.1 Å². The van der Waals surface area contributed by atoms with E-state index >= 15 is 0 Å². The molecule has 0 radical (unpaired) electrons. The van der Waals surface area contributed by atoms with E-state index in [2.05, 4.69) is 5.32 Å². The van der Waals surface area contributed by atoms with E-state index in [1.807, 2.05) is 117 Å². The van der Waals surface area contributed by atoms with Gasteiger partial charge < -0.3 is 10.1 Å². The van der Waals surface area contributed by atoms with Crippen molar-refractivity contribution < 1.29 is 9.53 Å². The summed E-state index contributed by atoms with van der Waals surface area (Å²) in [6.45, 7) is 4.05. The van der Waals surface area contributed by atoms with E-state index in [1.54, 1.807) is 0 Å². The van der Waals surface area contributed by atoms with E-state index in [0.717, 1.165) is 33.5 Å². The first-order chi connectivity index (χ1) is 16.5. The molecule has 0 bridgehead atoms. The smallest absolute Gasteiger partial charge is 0.256 e. The van der Waals surface area contributed by atoms with Crippen LogP contribution in [0, 0.1) is 13.8 Å². The summed E-state index contributed by atoms with van der Waals surface area (Å²) in [4.78, 5) is 18.2. The zero-order chi connectivity index (χ0) is 23.5. The van der Waals surface area contributed by atoms with E-state index < -0.39 is 0 Å². The highest BCUT2D eigenvalue weighted by atomic mass is 16.5. The first kappa shape index (κ1) is 21.4. The fourth-order valence-corrected chi connectivity index (χ4v) is 3.83. The van der Waals surface area contributed by atoms with Crippen LogP contribution >= 0.6 is 0 Å². The summed E-state index contributed by atoms with van der Waals surface area (Å²) in [5.74, 6) is 1.30. The summed E-state index contributed by atoms with van der Waals surface area (Å²) >= 11 is 0. The molecule has 4 nitrogen and oxygen atoms in total. The molecular formula is C30H24N2O2. The van der Waals surface area contributed by atoms with Crippen molar-refractivity contribution in [2.24, 2.45) is 0 Å². The largest absolute Gasteiger partial charge is 0.457 e. The molecular weight excluding hydrogens is 420 g/mol. The Morgan fingerprint density at radius 1 is 0.735 bits per heavy atom. The number of hydrogen-bond acceptors (Lipinski definition) is 3. The van der Waals surface area contributed by atoms with Gasteiger partial charge in [0.15, 0.2) is 0 Å². The highest BCUT2D eigenvalue weighted by molar-refractivity contribution is 6.13. The monoisotopic (exact) mass is 444 g/mol. The van der Waals surface area contributed by atoms with Gasteiger partial charge in [0.2, 0.25) is 0 Å². The molecule has 0 aliphatic rings. The van der Waals surface area contributed by atoms with Crippen LogP contribution in [0.4, 0.5) is 5.69 Å². The number of nitrogens with zero attached hydrogens (tertiary/aromatic N) is 1. The third kappa shape index (κ3) is 4.66. The molecule has 1 heterocycles. The minimum absolute atomic E-state index is 0.178. The summed E-state index contributed by atoms with van der Waals surface area (Å²) in [5.41, 5.74) is 6.07. The summed E-state index contributed by atoms with van der Waals surface area (Å²) in [6.07, 6.45) is 0. The van der Waals surface area contributed by atoms with Gasteiger partial charge in [-0.05, 0) is 68.4 Å². The Bertz CT molecular complexity index is 1460. The maximum Gasteiger partial charge on any atom is 0.256 e. The molecule has 0 fully saturated rings. The van der Waals surface area contributed by atoms with Gasteiger partial charge in [-0.3, -0.25) is 4.79 Å². The van der Waals surface area contributed by atoms with Crippen LogP contribution in [0.1, 0.15) is 21.5 Å². The fourth-order valence-electron chi connectivity index (χ4n) is 3.83. The van der Waals surface area contributed by atoms with Gasteiger partial charge in [-0.15, -0.1) is 0 Å². The minimum Gasteiger partial charge on any atom is -0.457 e. The lowest BCUT2D eigenvalue weighted by molar-refractivity contribution is 0.102. The predicted molar refractivity (Wildman–Crippen MR) is 138 cm³/mol. The van der Waals surface area contributed by atoms with Crippen molar-refractivity contribution in [3.8, 4) is 22.8 Å². The number of rotatable bonds is 5. The van der Waals surface area contributed by atoms with Crippen molar-refractivity contribution >= 4 is 22.5 Å². The van der Waals surface area contributed by atoms with Crippen LogP contribution in [0.3, 0.4) is 0 Å². The molecule has 0 atom stereocenters. The number of ether oxygens (including phenoxy) is 1. The van der Waals surface area contributed by atoms with E-state index in [9.17, 15) is 4.79 Å². The number of aryl methyl sites for hydroxylation is 2. The van der Waals surface area contributed by atoms with Crippen molar-refractivity contribution in [3.63, 3.8) is 0 Å². The van der Waals surface area contributed by atoms with Crippen molar-refractivity contribution in [1.82, 2.24) is 4.98 Å². The average molecular weight is 445 g/mol. The lowest BCUT2D eigenvalue weighted by Gasteiger charge is -2.12. The van der Waals surface area contributed by atoms with E-state index in [-0.39, 0.29) is 5.91 Å². The summed E-state index contributed by atoms with van der Waals surface area (Å²) in [6, 6.07) is 33.0. The first-order valence-electron chi connectivity index (χ1n) is 11.2. The van der Waals surface area contributed by atoms with Crippen molar-refractivity contribution in [2.75, 3.05) is 5.32 Å². The third-order valence-corrected chi connectivity index (χ3v) is 5.65. The molecule has 5 aromatic rings. The predicted octanol–water partition coefficient (Wildman–Crippen LogP) is 7.56. The fraction of sp³-hybridized carbons (Fsp3) is 0.0667. The van der Waals surface area contributed by atoms with Gasteiger partial charge in [0.25, 0.3) is 5.91 Å². The van der Waals surface area contributed by atoms with E-state index in [1.165, 1.54) is 5.56 Å². The molecule has 0 saturated carbocycles. The maximum absolute atomic E-state index is 13.4. The maximum atomic E-state index is 13.4. The number of carbonyl (C=O) groups is 1. The Hall–Kier alpha value is -4.44.